The van der Waals surface area contributed by atoms with Gasteiger partial charge in [-0.1, -0.05) is 13.8 Å². The van der Waals surface area contributed by atoms with Gasteiger partial charge in [0.2, 0.25) is 5.95 Å². The summed E-state index contributed by atoms with van der Waals surface area (Å²) in [7, 11) is 4.30. The molecule has 27 heavy (non-hydrogen) atoms. The molecular formula is C19H31N7S. The van der Waals surface area contributed by atoms with E-state index in [9.17, 15) is 0 Å². The number of thioether (sulfide) groups is 1. The van der Waals surface area contributed by atoms with Crippen molar-refractivity contribution in [3.05, 3.63) is 18.6 Å². The molecule has 2 atom stereocenters. The fourth-order valence-corrected chi connectivity index (χ4v) is 4.52. The van der Waals surface area contributed by atoms with E-state index < -0.39 is 0 Å². The van der Waals surface area contributed by atoms with Crippen LogP contribution in [0.5, 0.6) is 0 Å². The molecule has 1 saturated heterocycles. The second-order valence-corrected chi connectivity index (χ2v) is 9.04. The molecule has 3 heterocycles. The van der Waals surface area contributed by atoms with Crippen LogP contribution in [0.2, 0.25) is 0 Å². The molecule has 2 aromatic rings. The van der Waals surface area contributed by atoms with Crippen LogP contribution in [0.1, 0.15) is 27.2 Å². The van der Waals surface area contributed by atoms with Gasteiger partial charge in [0.25, 0.3) is 0 Å². The SMILES string of the molecule is CC(C)CC(Cn1c(-c2cnccn2)nnc1N1CCSCC1C)N(C)C. The summed E-state index contributed by atoms with van der Waals surface area (Å²) in [5.74, 6) is 4.64. The summed E-state index contributed by atoms with van der Waals surface area (Å²) in [5.41, 5.74) is 0.775. The molecule has 148 valence electrons. The molecule has 0 radical (unpaired) electrons. The van der Waals surface area contributed by atoms with Crippen LogP contribution in [-0.2, 0) is 6.54 Å². The van der Waals surface area contributed by atoms with Crippen molar-refractivity contribution in [2.24, 2.45) is 5.92 Å². The first-order valence-electron chi connectivity index (χ1n) is 9.67. The molecule has 1 aliphatic heterocycles. The Kier molecular flexibility index (Phi) is 6.70. The molecule has 3 rings (SSSR count). The number of hydrogen-bond acceptors (Lipinski definition) is 7. The first-order chi connectivity index (χ1) is 13.0. The van der Waals surface area contributed by atoms with E-state index in [4.69, 9.17) is 0 Å². The summed E-state index contributed by atoms with van der Waals surface area (Å²) in [4.78, 5) is 13.4. The lowest BCUT2D eigenvalue weighted by Gasteiger charge is -2.35. The van der Waals surface area contributed by atoms with Crippen LogP contribution >= 0.6 is 11.8 Å². The lowest BCUT2D eigenvalue weighted by atomic mass is 10.0. The van der Waals surface area contributed by atoms with Crippen molar-refractivity contribution >= 4 is 17.7 Å². The topological polar surface area (TPSA) is 63.0 Å². The van der Waals surface area contributed by atoms with Crippen molar-refractivity contribution in [2.45, 2.75) is 45.8 Å². The molecule has 1 aliphatic rings. The first kappa shape index (κ1) is 20.1. The summed E-state index contributed by atoms with van der Waals surface area (Å²) >= 11 is 2.01. The van der Waals surface area contributed by atoms with Crippen molar-refractivity contribution in [1.82, 2.24) is 29.6 Å². The molecule has 1 fully saturated rings. The van der Waals surface area contributed by atoms with E-state index in [1.807, 2.05) is 11.8 Å². The van der Waals surface area contributed by atoms with Crippen molar-refractivity contribution < 1.29 is 0 Å². The van der Waals surface area contributed by atoms with E-state index in [1.165, 1.54) is 0 Å². The normalized spacial score (nSPS) is 19.1. The van der Waals surface area contributed by atoms with Gasteiger partial charge in [-0.15, -0.1) is 10.2 Å². The largest absolute Gasteiger partial charge is 0.337 e. The van der Waals surface area contributed by atoms with E-state index in [1.54, 1.807) is 18.6 Å². The summed E-state index contributed by atoms with van der Waals surface area (Å²) in [6.07, 6.45) is 6.30. The summed E-state index contributed by atoms with van der Waals surface area (Å²) in [6, 6.07) is 0.856. The molecule has 7 nitrogen and oxygen atoms in total. The maximum atomic E-state index is 4.60. The Balaban J connectivity index is 2.00. The average molecular weight is 390 g/mol. The molecule has 0 N–H and O–H groups in total. The Bertz CT molecular complexity index is 716. The molecule has 0 saturated carbocycles. The monoisotopic (exact) mass is 389 g/mol. The second kappa shape index (κ2) is 9.01. The van der Waals surface area contributed by atoms with Crippen LogP contribution in [-0.4, -0.2) is 73.9 Å². The van der Waals surface area contributed by atoms with Crippen LogP contribution < -0.4 is 4.90 Å². The highest BCUT2D eigenvalue weighted by Crippen LogP contribution is 2.27. The van der Waals surface area contributed by atoms with Gasteiger partial charge in [-0.05, 0) is 33.4 Å². The average Bonchev–Trinajstić information content (AvgIpc) is 3.05. The van der Waals surface area contributed by atoms with E-state index in [0.29, 0.717) is 18.0 Å². The number of anilines is 1. The lowest BCUT2D eigenvalue weighted by Crippen LogP contribution is -2.43. The molecule has 0 aromatic carbocycles. The third-order valence-corrected chi connectivity index (χ3v) is 6.20. The van der Waals surface area contributed by atoms with Crippen molar-refractivity contribution in [2.75, 3.05) is 37.0 Å². The van der Waals surface area contributed by atoms with Crippen molar-refractivity contribution in [1.29, 1.82) is 0 Å². The predicted molar refractivity (Wildman–Crippen MR) is 112 cm³/mol. The first-order valence-corrected chi connectivity index (χ1v) is 10.8. The second-order valence-electron chi connectivity index (χ2n) is 7.89. The zero-order chi connectivity index (χ0) is 19.4. The molecule has 0 amide bonds. The van der Waals surface area contributed by atoms with Crippen LogP contribution in [0, 0.1) is 5.92 Å². The van der Waals surface area contributed by atoms with Gasteiger partial charge in [-0.3, -0.25) is 9.55 Å². The fourth-order valence-electron chi connectivity index (χ4n) is 3.51. The zero-order valence-corrected chi connectivity index (χ0v) is 17.9. The van der Waals surface area contributed by atoms with Gasteiger partial charge in [0.1, 0.15) is 5.69 Å². The maximum absolute atomic E-state index is 4.60. The maximum Gasteiger partial charge on any atom is 0.227 e. The Morgan fingerprint density at radius 2 is 2.07 bits per heavy atom. The summed E-state index contributed by atoms with van der Waals surface area (Å²) in [6.45, 7) is 8.66. The third kappa shape index (κ3) is 4.79. The molecule has 0 aliphatic carbocycles. The van der Waals surface area contributed by atoms with Gasteiger partial charge in [0.15, 0.2) is 5.82 Å². The number of rotatable bonds is 7. The lowest BCUT2D eigenvalue weighted by molar-refractivity contribution is 0.230. The Hall–Kier alpha value is -1.67. The fraction of sp³-hybridized carbons (Fsp3) is 0.684. The van der Waals surface area contributed by atoms with Crippen LogP contribution in [0.25, 0.3) is 11.5 Å². The van der Waals surface area contributed by atoms with Crippen molar-refractivity contribution in [3.63, 3.8) is 0 Å². The smallest absolute Gasteiger partial charge is 0.227 e. The highest BCUT2D eigenvalue weighted by Gasteiger charge is 2.28. The number of hydrogen-bond donors (Lipinski definition) is 0. The van der Waals surface area contributed by atoms with Gasteiger partial charge in [0.05, 0.1) is 6.20 Å². The number of likely N-dealkylation sites (N-methyl/N-ethyl adjacent to an activating group) is 1. The van der Waals surface area contributed by atoms with E-state index in [-0.39, 0.29) is 0 Å². The third-order valence-electron chi connectivity index (χ3n) is 5.02. The zero-order valence-electron chi connectivity index (χ0n) is 17.0. The van der Waals surface area contributed by atoms with Crippen LogP contribution in [0.4, 0.5) is 5.95 Å². The molecule has 0 bridgehead atoms. The van der Waals surface area contributed by atoms with Crippen LogP contribution in [0.15, 0.2) is 18.6 Å². The highest BCUT2D eigenvalue weighted by molar-refractivity contribution is 7.99. The summed E-state index contributed by atoms with van der Waals surface area (Å²) in [5, 5.41) is 9.13. The minimum atomic E-state index is 0.407. The minimum absolute atomic E-state index is 0.407. The Morgan fingerprint density at radius 3 is 2.70 bits per heavy atom. The molecular weight excluding hydrogens is 358 g/mol. The highest BCUT2D eigenvalue weighted by atomic mass is 32.2. The van der Waals surface area contributed by atoms with Crippen molar-refractivity contribution in [3.8, 4) is 11.5 Å². The standard InChI is InChI=1S/C19H31N7S/c1-14(2)10-16(24(4)5)12-26-18(17-11-20-6-7-21-17)22-23-19(26)25-8-9-27-13-15(25)3/h6-7,11,14-16H,8-10,12-13H2,1-5H3. The minimum Gasteiger partial charge on any atom is -0.337 e. The Morgan fingerprint density at radius 1 is 1.26 bits per heavy atom. The van der Waals surface area contributed by atoms with Gasteiger partial charge >= 0.3 is 0 Å². The number of aromatic nitrogens is 5. The van der Waals surface area contributed by atoms with Gasteiger partial charge in [-0.2, -0.15) is 11.8 Å². The van der Waals surface area contributed by atoms with Crippen LogP contribution in [0.3, 0.4) is 0 Å². The summed E-state index contributed by atoms with van der Waals surface area (Å²) < 4.78 is 2.25. The number of nitrogens with zero attached hydrogens (tertiary/aromatic N) is 7. The van der Waals surface area contributed by atoms with E-state index in [0.717, 1.165) is 48.5 Å². The van der Waals surface area contributed by atoms with Gasteiger partial charge < -0.3 is 9.80 Å². The van der Waals surface area contributed by atoms with E-state index in [2.05, 4.69) is 69.4 Å². The Labute approximate surface area is 166 Å². The van der Waals surface area contributed by atoms with Gasteiger partial charge in [0, 0.05) is 49.1 Å². The molecule has 2 unspecified atom stereocenters. The predicted octanol–water partition coefficient (Wildman–Crippen LogP) is 2.65. The van der Waals surface area contributed by atoms with Gasteiger partial charge in [-0.25, -0.2) is 4.98 Å². The van der Waals surface area contributed by atoms with E-state index >= 15 is 0 Å². The molecule has 2 aromatic heterocycles. The quantitative estimate of drug-likeness (QED) is 0.721. The molecule has 0 spiro atoms. The molecule has 8 heteroatoms.